The van der Waals surface area contributed by atoms with Crippen molar-refractivity contribution in [3.63, 3.8) is 0 Å². The average molecular weight is 275 g/mol. The number of nitrogens with zero attached hydrogens (tertiary/aromatic N) is 3. The fraction of sp³-hybridized carbons (Fsp3) is 0.308. The number of carbonyl (C=O) groups is 1. The Hall–Kier alpha value is -2.00. The van der Waals surface area contributed by atoms with Gasteiger partial charge in [-0.05, 0) is 24.8 Å². The molecule has 2 aromatic heterocycles. The molecule has 0 atom stereocenters. The molecule has 0 aliphatic carbocycles. The summed E-state index contributed by atoms with van der Waals surface area (Å²) in [6.45, 7) is 4.07. The Labute approximate surface area is 115 Å². The van der Waals surface area contributed by atoms with E-state index in [4.69, 9.17) is 10.00 Å². The Bertz CT molecular complexity index is 658. The SMILES string of the molecule is CCOC(=O)c1nc2cc(C#N)ccn2c1SCC. The van der Waals surface area contributed by atoms with Crippen LogP contribution in [0.15, 0.2) is 23.4 Å². The molecular formula is C13H13N3O2S. The third-order valence-electron chi connectivity index (χ3n) is 2.46. The third-order valence-corrected chi connectivity index (χ3v) is 3.41. The van der Waals surface area contributed by atoms with Crippen molar-refractivity contribution >= 4 is 23.4 Å². The highest BCUT2D eigenvalue weighted by Crippen LogP contribution is 2.25. The average Bonchev–Trinajstić information content (AvgIpc) is 2.77. The van der Waals surface area contributed by atoms with E-state index in [0.29, 0.717) is 23.5 Å². The summed E-state index contributed by atoms with van der Waals surface area (Å²) in [6.07, 6.45) is 1.75. The molecule has 98 valence electrons. The molecule has 2 aromatic rings. The van der Waals surface area contributed by atoms with Crippen LogP contribution in [0.5, 0.6) is 0 Å². The Kier molecular flexibility index (Phi) is 4.07. The van der Waals surface area contributed by atoms with Crippen LogP contribution in [-0.2, 0) is 4.74 Å². The minimum absolute atomic E-state index is 0.309. The minimum atomic E-state index is -0.430. The lowest BCUT2D eigenvalue weighted by molar-refractivity contribution is 0.0515. The highest BCUT2D eigenvalue weighted by atomic mass is 32.2. The van der Waals surface area contributed by atoms with Gasteiger partial charge in [-0.2, -0.15) is 5.26 Å². The number of hydrogen-bond acceptors (Lipinski definition) is 5. The minimum Gasteiger partial charge on any atom is -0.461 e. The van der Waals surface area contributed by atoms with Gasteiger partial charge in [-0.25, -0.2) is 9.78 Å². The van der Waals surface area contributed by atoms with Crippen LogP contribution in [0.25, 0.3) is 5.65 Å². The molecule has 0 saturated heterocycles. The van der Waals surface area contributed by atoms with Crippen molar-refractivity contribution in [2.24, 2.45) is 0 Å². The number of fused-ring (bicyclic) bond motifs is 1. The number of nitriles is 1. The smallest absolute Gasteiger partial charge is 0.359 e. The zero-order valence-electron chi connectivity index (χ0n) is 10.7. The Morgan fingerprint density at radius 3 is 3.00 bits per heavy atom. The van der Waals surface area contributed by atoms with Gasteiger partial charge in [0.25, 0.3) is 0 Å². The number of pyridine rings is 1. The second kappa shape index (κ2) is 5.76. The van der Waals surface area contributed by atoms with Crippen molar-refractivity contribution in [3.05, 3.63) is 29.6 Å². The molecule has 5 nitrogen and oxygen atoms in total. The predicted molar refractivity (Wildman–Crippen MR) is 72.3 cm³/mol. The van der Waals surface area contributed by atoms with Crippen LogP contribution in [0.3, 0.4) is 0 Å². The van der Waals surface area contributed by atoms with Crippen LogP contribution in [-0.4, -0.2) is 27.7 Å². The summed E-state index contributed by atoms with van der Waals surface area (Å²) in [7, 11) is 0. The summed E-state index contributed by atoms with van der Waals surface area (Å²) in [5.41, 5.74) is 1.41. The maximum atomic E-state index is 11.9. The van der Waals surface area contributed by atoms with Gasteiger partial charge in [0.1, 0.15) is 10.7 Å². The largest absolute Gasteiger partial charge is 0.461 e. The molecule has 6 heteroatoms. The van der Waals surface area contributed by atoms with Crippen LogP contribution in [0, 0.1) is 11.3 Å². The van der Waals surface area contributed by atoms with E-state index in [1.807, 2.05) is 6.92 Å². The van der Waals surface area contributed by atoms with Gasteiger partial charge in [0.2, 0.25) is 0 Å². The summed E-state index contributed by atoms with van der Waals surface area (Å²) in [5.74, 6) is 0.390. The zero-order valence-corrected chi connectivity index (χ0v) is 11.5. The van der Waals surface area contributed by atoms with E-state index in [1.54, 1.807) is 29.7 Å². The summed E-state index contributed by atoms with van der Waals surface area (Å²) in [6, 6.07) is 5.41. The first kappa shape index (κ1) is 13.4. The van der Waals surface area contributed by atoms with Crippen LogP contribution < -0.4 is 0 Å². The van der Waals surface area contributed by atoms with Gasteiger partial charge in [-0.1, -0.05) is 6.92 Å². The predicted octanol–water partition coefficient (Wildman–Crippen LogP) is 2.49. The van der Waals surface area contributed by atoms with E-state index in [2.05, 4.69) is 11.1 Å². The van der Waals surface area contributed by atoms with E-state index in [-0.39, 0.29) is 0 Å². The molecule has 0 aliphatic rings. The maximum Gasteiger partial charge on any atom is 0.359 e. The molecular weight excluding hydrogens is 262 g/mol. The van der Waals surface area contributed by atoms with Crippen LogP contribution in [0.1, 0.15) is 29.9 Å². The van der Waals surface area contributed by atoms with Crippen molar-refractivity contribution in [1.29, 1.82) is 5.26 Å². The molecule has 0 N–H and O–H groups in total. The molecule has 0 saturated carbocycles. The number of imidazole rings is 1. The molecule has 0 spiro atoms. The number of aromatic nitrogens is 2. The second-order valence-electron chi connectivity index (χ2n) is 3.67. The van der Waals surface area contributed by atoms with Crippen molar-refractivity contribution in [3.8, 4) is 6.07 Å². The maximum absolute atomic E-state index is 11.9. The Morgan fingerprint density at radius 2 is 2.37 bits per heavy atom. The van der Waals surface area contributed by atoms with Crippen LogP contribution in [0.2, 0.25) is 0 Å². The van der Waals surface area contributed by atoms with E-state index in [0.717, 1.165) is 10.8 Å². The van der Waals surface area contributed by atoms with Crippen molar-refractivity contribution in [1.82, 2.24) is 9.38 Å². The highest BCUT2D eigenvalue weighted by Gasteiger charge is 2.20. The summed E-state index contributed by atoms with van der Waals surface area (Å²) in [4.78, 5) is 16.2. The lowest BCUT2D eigenvalue weighted by Gasteiger charge is -2.02. The van der Waals surface area contributed by atoms with Crippen molar-refractivity contribution < 1.29 is 9.53 Å². The summed E-state index contributed by atoms with van der Waals surface area (Å²) >= 11 is 1.52. The Balaban J connectivity index is 2.59. The quantitative estimate of drug-likeness (QED) is 0.633. The van der Waals surface area contributed by atoms with Gasteiger partial charge in [-0.15, -0.1) is 11.8 Å². The monoisotopic (exact) mass is 275 g/mol. The summed E-state index contributed by atoms with van der Waals surface area (Å²) in [5, 5.41) is 9.64. The third kappa shape index (κ3) is 2.56. The first-order valence-electron chi connectivity index (χ1n) is 5.93. The van der Waals surface area contributed by atoms with Gasteiger partial charge in [-0.3, -0.25) is 4.40 Å². The zero-order chi connectivity index (χ0) is 13.8. The topological polar surface area (TPSA) is 67.4 Å². The molecule has 2 heterocycles. The summed E-state index contributed by atoms with van der Waals surface area (Å²) < 4.78 is 6.81. The van der Waals surface area contributed by atoms with E-state index in [9.17, 15) is 4.79 Å². The number of rotatable bonds is 4. The fourth-order valence-corrected chi connectivity index (χ4v) is 2.53. The van der Waals surface area contributed by atoms with E-state index >= 15 is 0 Å². The van der Waals surface area contributed by atoms with Crippen molar-refractivity contribution in [2.45, 2.75) is 18.9 Å². The van der Waals surface area contributed by atoms with Crippen molar-refractivity contribution in [2.75, 3.05) is 12.4 Å². The van der Waals surface area contributed by atoms with Gasteiger partial charge in [0.15, 0.2) is 5.69 Å². The number of esters is 1. The van der Waals surface area contributed by atoms with Gasteiger partial charge >= 0.3 is 5.97 Å². The molecule has 0 aliphatic heterocycles. The number of ether oxygens (including phenoxy) is 1. The molecule has 0 radical (unpaired) electrons. The molecule has 0 fully saturated rings. The van der Waals surface area contributed by atoms with Gasteiger partial charge in [0, 0.05) is 6.20 Å². The normalized spacial score (nSPS) is 10.4. The molecule has 0 unspecified atom stereocenters. The molecule has 0 amide bonds. The first-order valence-corrected chi connectivity index (χ1v) is 6.92. The fourth-order valence-electron chi connectivity index (χ4n) is 1.70. The lowest BCUT2D eigenvalue weighted by atomic mass is 10.3. The number of hydrogen-bond donors (Lipinski definition) is 0. The molecule has 2 rings (SSSR count). The van der Waals surface area contributed by atoms with E-state index in [1.165, 1.54) is 11.8 Å². The molecule has 0 aromatic carbocycles. The Morgan fingerprint density at radius 1 is 1.58 bits per heavy atom. The molecule has 0 bridgehead atoms. The van der Waals surface area contributed by atoms with E-state index < -0.39 is 5.97 Å². The number of carbonyl (C=O) groups excluding carboxylic acids is 1. The lowest BCUT2D eigenvalue weighted by Crippen LogP contribution is -2.06. The van der Waals surface area contributed by atoms with Gasteiger partial charge in [0.05, 0.1) is 18.2 Å². The van der Waals surface area contributed by atoms with Crippen LogP contribution >= 0.6 is 11.8 Å². The highest BCUT2D eigenvalue weighted by molar-refractivity contribution is 7.99. The number of thioether (sulfide) groups is 1. The van der Waals surface area contributed by atoms with Crippen LogP contribution in [0.4, 0.5) is 0 Å². The standard InChI is InChI=1S/C13H13N3O2S/c1-3-18-13(17)11-12(19-4-2)16-6-5-9(8-14)7-10(16)15-11/h5-7H,3-4H2,1-2H3. The first-order chi connectivity index (χ1) is 9.21. The molecule has 19 heavy (non-hydrogen) atoms. The van der Waals surface area contributed by atoms with Gasteiger partial charge < -0.3 is 4.74 Å². The second-order valence-corrected chi connectivity index (χ2v) is 4.93.